The first-order valence-electron chi connectivity index (χ1n) is 11.1. The van der Waals surface area contributed by atoms with Gasteiger partial charge >= 0.3 is 0 Å². The van der Waals surface area contributed by atoms with Crippen molar-refractivity contribution in [1.29, 1.82) is 0 Å². The lowest BCUT2D eigenvalue weighted by Crippen LogP contribution is -2.36. The van der Waals surface area contributed by atoms with Crippen LogP contribution in [0.5, 0.6) is 0 Å². The Balaban J connectivity index is 1.27. The number of aliphatic hydroxyl groups excluding tert-OH is 1. The number of hydrogen-bond acceptors (Lipinski definition) is 4. The Morgan fingerprint density at radius 1 is 1.06 bits per heavy atom. The molecule has 0 spiro atoms. The molecule has 31 heavy (non-hydrogen) atoms. The molecule has 0 unspecified atom stereocenters. The van der Waals surface area contributed by atoms with Gasteiger partial charge in [-0.2, -0.15) is 0 Å². The highest BCUT2D eigenvalue weighted by atomic mass is 35.5. The molecule has 1 aliphatic carbocycles. The topological polar surface area (TPSA) is 53.7 Å². The average Bonchev–Trinajstić information content (AvgIpc) is 3.55. The number of hydrogen-bond donors (Lipinski definition) is 1. The highest BCUT2D eigenvalue weighted by molar-refractivity contribution is 6.35. The van der Waals surface area contributed by atoms with Crippen molar-refractivity contribution >= 4 is 33.7 Å². The van der Waals surface area contributed by atoms with E-state index < -0.39 is 6.10 Å². The van der Waals surface area contributed by atoms with Crippen molar-refractivity contribution in [3.05, 3.63) is 71.4 Å². The summed E-state index contributed by atoms with van der Waals surface area (Å²) >= 11 is 6.36. The maximum atomic E-state index is 11.5. The fraction of sp³-hybridized carbons (Fsp3) is 0.360. The van der Waals surface area contributed by atoms with Gasteiger partial charge in [-0.15, -0.1) is 0 Å². The number of halogens is 1. The minimum atomic E-state index is -0.457. The molecule has 2 fully saturated rings. The number of benzene rings is 1. The van der Waals surface area contributed by atoms with Gasteiger partial charge in [0.1, 0.15) is 0 Å². The summed E-state index contributed by atoms with van der Waals surface area (Å²) in [6, 6.07) is 10.3. The molecule has 2 aliphatic rings. The summed E-state index contributed by atoms with van der Waals surface area (Å²) in [6.07, 6.45) is 11.5. The molecule has 4 aromatic rings. The largest absolute Gasteiger partial charge is 0.388 e. The second-order valence-corrected chi connectivity index (χ2v) is 9.29. The molecular formula is C25H25ClN4O. The van der Waals surface area contributed by atoms with Gasteiger partial charge in [-0.1, -0.05) is 11.6 Å². The predicted octanol–water partition coefficient (Wildman–Crippen LogP) is 5.36. The van der Waals surface area contributed by atoms with E-state index >= 15 is 0 Å². The second kappa shape index (κ2) is 7.50. The fourth-order valence-electron chi connectivity index (χ4n) is 5.19. The number of aliphatic hydroxyl groups is 1. The molecule has 5 nitrogen and oxygen atoms in total. The highest BCUT2D eigenvalue weighted by Gasteiger charge is 2.34. The first-order valence-corrected chi connectivity index (χ1v) is 11.5. The third-order valence-electron chi connectivity index (χ3n) is 7.00. The van der Waals surface area contributed by atoms with Crippen LogP contribution in [0.3, 0.4) is 0 Å². The summed E-state index contributed by atoms with van der Waals surface area (Å²) in [4.78, 5) is 11.2. The maximum absolute atomic E-state index is 11.5. The zero-order valence-corrected chi connectivity index (χ0v) is 18.0. The summed E-state index contributed by atoms with van der Waals surface area (Å²) in [5, 5.41) is 13.3. The van der Waals surface area contributed by atoms with E-state index in [1.807, 2.05) is 29.1 Å². The first-order chi connectivity index (χ1) is 15.2. The van der Waals surface area contributed by atoms with Gasteiger partial charge in [-0.3, -0.25) is 4.98 Å². The molecule has 1 N–H and O–H groups in total. The quantitative estimate of drug-likeness (QED) is 0.471. The van der Waals surface area contributed by atoms with Crippen LogP contribution in [0.2, 0.25) is 5.02 Å². The van der Waals surface area contributed by atoms with Gasteiger partial charge in [-0.25, -0.2) is 4.98 Å². The Morgan fingerprint density at radius 2 is 1.90 bits per heavy atom. The van der Waals surface area contributed by atoms with Gasteiger partial charge in [0.2, 0.25) is 0 Å². The summed E-state index contributed by atoms with van der Waals surface area (Å²) in [5.41, 5.74) is 5.50. The van der Waals surface area contributed by atoms with Crippen molar-refractivity contribution in [2.45, 2.75) is 37.7 Å². The molecule has 0 amide bonds. The molecule has 1 saturated heterocycles. The van der Waals surface area contributed by atoms with Crippen molar-refractivity contribution < 1.29 is 5.11 Å². The van der Waals surface area contributed by atoms with E-state index in [9.17, 15) is 5.11 Å². The van der Waals surface area contributed by atoms with Gasteiger partial charge in [-0.05, 0) is 73.4 Å². The molecule has 4 heterocycles. The summed E-state index contributed by atoms with van der Waals surface area (Å²) in [5.74, 6) is 0.837. The number of rotatable bonds is 4. The van der Waals surface area contributed by atoms with Crippen LogP contribution >= 0.6 is 11.6 Å². The lowest BCUT2D eigenvalue weighted by molar-refractivity contribution is 0.0932. The number of pyridine rings is 2. The summed E-state index contributed by atoms with van der Waals surface area (Å²) in [6.45, 7) is 1.82. The third kappa shape index (κ3) is 3.27. The standard InChI is InChI=1S/C25H25ClN4O/c26-20-5-6-21(19-2-1-10-28-24(19)20)29-11-7-17(8-12-29)25(31)23-18(16-3-4-16)9-13-30-15-27-14-22(23)30/h1-2,5-6,9-10,13-17,25,31H,3-4,7-8,11-12H2/t25-/m1/s1. The molecular weight excluding hydrogens is 408 g/mol. The maximum Gasteiger partial charge on any atom is 0.0992 e. The van der Waals surface area contributed by atoms with Gasteiger partial charge in [0.15, 0.2) is 0 Å². The molecule has 158 valence electrons. The number of anilines is 1. The van der Waals surface area contributed by atoms with Crippen LogP contribution in [0.25, 0.3) is 16.4 Å². The molecule has 0 bridgehead atoms. The van der Waals surface area contributed by atoms with Gasteiger partial charge in [0.25, 0.3) is 0 Å². The van der Waals surface area contributed by atoms with Crippen molar-refractivity contribution in [3.8, 4) is 0 Å². The number of aromatic nitrogens is 3. The van der Waals surface area contributed by atoms with Crippen molar-refractivity contribution in [3.63, 3.8) is 0 Å². The SMILES string of the molecule is O[C@@H](c1c(C2CC2)ccn2cncc12)C1CCN(c2ccc(Cl)c3ncccc23)CC1. The predicted molar refractivity (Wildman–Crippen MR) is 124 cm³/mol. The first kappa shape index (κ1) is 19.1. The molecule has 6 heteroatoms. The smallest absolute Gasteiger partial charge is 0.0992 e. The lowest BCUT2D eigenvalue weighted by Gasteiger charge is -2.36. The Morgan fingerprint density at radius 3 is 2.71 bits per heavy atom. The zero-order chi connectivity index (χ0) is 20.9. The second-order valence-electron chi connectivity index (χ2n) is 8.88. The minimum Gasteiger partial charge on any atom is -0.388 e. The van der Waals surface area contributed by atoms with E-state index in [-0.39, 0.29) is 5.92 Å². The number of piperidine rings is 1. The van der Waals surface area contributed by atoms with Crippen LogP contribution < -0.4 is 4.90 Å². The molecule has 6 rings (SSSR count). The van der Waals surface area contributed by atoms with Crippen LogP contribution in [-0.2, 0) is 0 Å². The van der Waals surface area contributed by atoms with Crippen LogP contribution in [0.4, 0.5) is 5.69 Å². The van der Waals surface area contributed by atoms with E-state index in [0.29, 0.717) is 10.9 Å². The van der Waals surface area contributed by atoms with Gasteiger partial charge < -0.3 is 14.4 Å². The highest BCUT2D eigenvalue weighted by Crippen LogP contribution is 2.46. The molecule has 1 atom stereocenters. The van der Waals surface area contributed by atoms with Crippen LogP contribution in [0.15, 0.2) is 55.2 Å². The minimum absolute atomic E-state index is 0.242. The molecule has 1 saturated carbocycles. The van der Waals surface area contributed by atoms with Crippen molar-refractivity contribution in [1.82, 2.24) is 14.4 Å². The summed E-state index contributed by atoms with van der Waals surface area (Å²) in [7, 11) is 0. The normalized spacial score (nSPS) is 18.7. The third-order valence-corrected chi connectivity index (χ3v) is 7.31. The summed E-state index contributed by atoms with van der Waals surface area (Å²) < 4.78 is 2.03. The number of fused-ring (bicyclic) bond motifs is 2. The molecule has 1 aromatic carbocycles. The lowest BCUT2D eigenvalue weighted by atomic mass is 9.84. The van der Waals surface area contributed by atoms with E-state index in [2.05, 4.69) is 39.3 Å². The van der Waals surface area contributed by atoms with Gasteiger partial charge in [0.05, 0.1) is 34.7 Å². The van der Waals surface area contributed by atoms with Crippen molar-refractivity contribution in [2.75, 3.05) is 18.0 Å². The van der Waals surface area contributed by atoms with Crippen molar-refractivity contribution in [2.24, 2.45) is 5.92 Å². The zero-order valence-electron chi connectivity index (χ0n) is 17.3. The molecule has 3 aromatic heterocycles. The Bertz CT molecular complexity index is 1260. The van der Waals surface area contributed by atoms with Crippen LogP contribution in [0, 0.1) is 5.92 Å². The Labute approximate surface area is 186 Å². The fourth-order valence-corrected chi connectivity index (χ4v) is 5.41. The monoisotopic (exact) mass is 432 g/mol. The van der Waals surface area contributed by atoms with Gasteiger partial charge in [0, 0.05) is 42.1 Å². The van der Waals surface area contributed by atoms with E-state index in [0.717, 1.165) is 47.9 Å². The van der Waals surface area contributed by atoms with E-state index in [4.69, 9.17) is 11.6 Å². The Hall–Kier alpha value is -2.63. The molecule has 1 aliphatic heterocycles. The van der Waals surface area contributed by atoms with Crippen LogP contribution in [-0.4, -0.2) is 32.6 Å². The Kier molecular flexibility index (Phi) is 4.62. The molecule has 0 radical (unpaired) electrons. The number of imidazole rings is 1. The number of nitrogens with zero attached hydrogens (tertiary/aromatic N) is 4. The van der Waals surface area contributed by atoms with Crippen LogP contribution in [0.1, 0.15) is 48.8 Å². The van der Waals surface area contributed by atoms with E-state index in [1.165, 1.54) is 24.1 Å². The average molecular weight is 433 g/mol. The van der Waals surface area contributed by atoms with E-state index in [1.54, 1.807) is 6.20 Å².